The van der Waals surface area contributed by atoms with E-state index in [0.29, 0.717) is 17.4 Å². The first kappa shape index (κ1) is 17.2. The van der Waals surface area contributed by atoms with E-state index >= 15 is 0 Å². The third-order valence-corrected chi connectivity index (χ3v) is 3.43. The monoisotopic (exact) mass is 333 g/mol. The number of hydrogen-bond donors (Lipinski definition) is 2. The number of aromatic nitrogens is 2. The van der Waals surface area contributed by atoms with E-state index in [1.807, 2.05) is 44.1 Å². The van der Waals surface area contributed by atoms with E-state index in [-0.39, 0.29) is 11.6 Å². The average molecular weight is 334 g/mol. The minimum Gasteiger partial charge on any atom is -0.349 e. The van der Waals surface area contributed by atoms with Crippen molar-refractivity contribution in [1.82, 2.24) is 20.2 Å². The van der Waals surface area contributed by atoms with Crippen molar-refractivity contribution in [2.45, 2.75) is 6.92 Å². The Morgan fingerprint density at radius 2 is 2.04 bits per heavy atom. The number of rotatable bonds is 6. The third-order valence-electron chi connectivity index (χ3n) is 3.19. The summed E-state index contributed by atoms with van der Waals surface area (Å²) in [6.45, 7) is 3.31. The van der Waals surface area contributed by atoms with E-state index in [2.05, 4.69) is 20.6 Å². The van der Waals surface area contributed by atoms with Crippen LogP contribution < -0.4 is 10.6 Å². The van der Waals surface area contributed by atoms with Crippen LogP contribution in [0.5, 0.6) is 0 Å². The fourth-order valence-electron chi connectivity index (χ4n) is 1.86. The third kappa shape index (κ3) is 5.19. The lowest BCUT2D eigenvalue weighted by Crippen LogP contribution is -2.31. The van der Waals surface area contributed by atoms with Gasteiger partial charge in [-0.05, 0) is 38.7 Å². The van der Waals surface area contributed by atoms with Gasteiger partial charge in [0.2, 0.25) is 0 Å². The van der Waals surface area contributed by atoms with Crippen LogP contribution in [-0.4, -0.2) is 48.0 Å². The van der Waals surface area contributed by atoms with Crippen molar-refractivity contribution in [1.29, 1.82) is 0 Å². The minimum absolute atomic E-state index is 0.232. The topological polar surface area (TPSA) is 70.2 Å². The Bertz CT molecular complexity index is 673. The second-order valence-corrected chi connectivity index (χ2v) is 5.87. The minimum atomic E-state index is -0.232. The average Bonchev–Trinajstić information content (AvgIpc) is 2.51. The van der Waals surface area contributed by atoms with E-state index in [1.54, 1.807) is 0 Å². The van der Waals surface area contributed by atoms with Crippen molar-refractivity contribution in [2.75, 3.05) is 32.5 Å². The normalized spacial score (nSPS) is 10.7. The van der Waals surface area contributed by atoms with Crippen LogP contribution in [0, 0.1) is 6.92 Å². The molecular formula is C16H20ClN5O. The molecule has 0 unspecified atom stereocenters. The highest BCUT2D eigenvalue weighted by Crippen LogP contribution is 2.22. The Morgan fingerprint density at radius 1 is 1.26 bits per heavy atom. The molecule has 6 nitrogen and oxygen atoms in total. The summed E-state index contributed by atoms with van der Waals surface area (Å²) < 4.78 is 0. The summed E-state index contributed by atoms with van der Waals surface area (Å²) in [5.74, 6) is 0.324. The molecule has 1 aromatic heterocycles. The summed E-state index contributed by atoms with van der Waals surface area (Å²) in [5.41, 5.74) is 2.19. The number of hydrogen-bond acceptors (Lipinski definition) is 5. The Labute approximate surface area is 140 Å². The second kappa shape index (κ2) is 7.89. The molecule has 0 saturated carbocycles. The van der Waals surface area contributed by atoms with Crippen molar-refractivity contribution in [3.8, 4) is 0 Å². The van der Waals surface area contributed by atoms with Gasteiger partial charge in [0.05, 0.1) is 12.4 Å². The second-order valence-electron chi connectivity index (χ2n) is 5.43. The van der Waals surface area contributed by atoms with E-state index in [1.165, 1.54) is 12.4 Å². The molecule has 122 valence electrons. The molecule has 1 heterocycles. The SMILES string of the molecule is Cc1ccc(Cl)cc1Nc1cnc(C(=O)NCCN(C)C)cn1. The van der Waals surface area contributed by atoms with Gasteiger partial charge >= 0.3 is 0 Å². The van der Waals surface area contributed by atoms with Crippen molar-refractivity contribution in [3.63, 3.8) is 0 Å². The largest absolute Gasteiger partial charge is 0.349 e. The standard InChI is InChI=1S/C16H20ClN5O/c1-11-4-5-12(17)8-13(11)21-15-10-19-14(9-20-15)16(23)18-6-7-22(2)3/h4-5,8-10H,6-7H2,1-3H3,(H,18,23)(H,20,21). The number of halogens is 1. The number of aryl methyl sites for hydroxylation is 1. The van der Waals surface area contributed by atoms with Crippen molar-refractivity contribution >= 4 is 29.0 Å². The molecule has 0 aliphatic heterocycles. The first-order valence-corrected chi connectivity index (χ1v) is 7.61. The molecule has 7 heteroatoms. The molecule has 2 rings (SSSR count). The molecule has 1 aromatic carbocycles. The first-order valence-electron chi connectivity index (χ1n) is 7.24. The quantitative estimate of drug-likeness (QED) is 0.850. The summed E-state index contributed by atoms with van der Waals surface area (Å²) in [6.07, 6.45) is 2.98. The number of carbonyl (C=O) groups excluding carboxylic acids is 1. The van der Waals surface area contributed by atoms with E-state index in [9.17, 15) is 4.79 Å². The van der Waals surface area contributed by atoms with Crippen LogP contribution in [0.4, 0.5) is 11.5 Å². The van der Waals surface area contributed by atoms with Crippen molar-refractivity contribution in [3.05, 3.63) is 46.9 Å². The van der Waals surface area contributed by atoms with E-state index in [0.717, 1.165) is 17.8 Å². The van der Waals surface area contributed by atoms with Gasteiger partial charge in [-0.3, -0.25) is 4.79 Å². The highest BCUT2D eigenvalue weighted by molar-refractivity contribution is 6.30. The lowest BCUT2D eigenvalue weighted by molar-refractivity contribution is 0.0945. The van der Waals surface area contributed by atoms with E-state index in [4.69, 9.17) is 11.6 Å². The number of carbonyl (C=O) groups is 1. The van der Waals surface area contributed by atoms with Gasteiger partial charge in [0, 0.05) is 23.8 Å². The maximum absolute atomic E-state index is 11.9. The van der Waals surface area contributed by atoms with Gasteiger partial charge in [0.1, 0.15) is 11.5 Å². The fraction of sp³-hybridized carbons (Fsp3) is 0.312. The zero-order chi connectivity index (χ0) is 16.8. The highest BCUT2D eigenvalue weighted by Gasteiger charge is 2.08. The van der Waals surface area contributed by atoms with Crippen molar-refractivity contribution in [2.24, 2.45) is 0 Å². The van der Waals surface area contributed by atoms with Gasteiger partial charge in [-0.1, -0.05) is 17.7 Å². The van der Waals surface area contributed by atoms with Gasteiger partial charge in [-0.25, -0.2) is 9.97 Å². The molecule has 23 heavy (non-hydrogen) atoms. The summed E-state index contributed by atoms with van der Waals surface area (Å²) in [4.78, 5) is 22.3. The highest BCUT2D eigenvalue weighted by atomic mass is 35.5. The van der Waals surface area contributed by atoms with Gasteiger partial charge in [-0.15, -0.1) is 0 Å². The molecule has 2 aromatic rings. The fourth-order valence-corrected chi connectivity index (χ4v) is 2.03. The Morgan fingerprint density at radius 3 is 2.70 bits per heavy atom. The predicted octanol–water partition coefficient (Wildman–Crippen LogP) is 2.47. The molecule has 0 aliphatic carbocycles. The predicted molar refractivity (Wildman–Crippen MR) is 92.4 cm³/mol. The number of benzene rings is 1. The summed E-state index contributed by atoms with van der Waals surface area (Å²) in [7, 11) is 3.90. The zero-order valence-corrected chi connectivity index (χ0v) is 14.2. The molecule has 2 N–H and O–H groups in total. The van der Waals surface area contributed by atoms with Gasteiger partial charge in [0.15, 0.2) is 0 Å². The van der Waals surface area contributed by atoms with Crippen LogP contribution in [0.3, 0.4) is 0 Å². The lowest BCUT2D eigenvalue weighted by Gasteiger charge is -2.11. The van der Waals surface area contributed by atoms with Gasteiger partial charge in [-0.2, -0.15) is 0 Å². The number of nitrogens with one attached hydrogen (secondary N) is 2. The molecule has 0 spiro atoms. The zero-order valence-electron chi connectivity index (χ0n) is 13.4. The Kier molecular flexibility index (Phi) is 5.90. The molecule has 0 radical (unpaired) electrons. The summed E-state index contributed by atoms with van der Waals surface area (Å²) in [6, 6.07) is 5.57. The summed E-state index contributed by atoms with van der Waals surface area (Å²) in [5, 5.41) is 6.58. The summed E-state index contributed by atoms with van der Waals surface area (Å²) >= 11 is 5.99. The maximum Gasteiger partial charge on any atom is 0.271 e. The van der Waals surface area contributed by atoms with Crippen molar-refractivity contribution < 1.29 is 4.79 Å². The van der Waals surface area contributed by atoms with Crippen LogP contribution >= 0.6 is 11.6 Å². The van der Waals surface area contributed by atoms with E-state index < -0.39 is 0 Å². The lowest BCUT2D eigenvalue weighted by atomic mass is 10.2. The maximum atomic E-state index is 11.9. The molecule has 0 atom stereocenters. The number of anilines is 2. The smallest absolute Gasteiger partial charge is 0.271 e. The molecule has 0 aliphatic rings. The number of nitrogens with zero attached hydrogens (tertiary/aromatic N) is 3. The molecule has 1 amide bonds. The van der Waals surface area contributed by atoms with Crippen LogP contribution in [-0.2, 0) is 0 Å². The Hall–Kier alpha value is -2.18. The van der Waals surface area contributed by atoms with Crippen LogP contribution in [0.1, 0.15) is 16.1 Å². The Balaban J connectivity index is 1.99. The number of likely N-dealkylation sites (N-methyl/N-ethyl adjacent to an activating group) is 1. The number of amides is 1. The van der Waals surface area contributed by atoms with Gasteiger partial charge < -0.3 is 15.5 Å². The molecular weight excluding hydrogens is 314 g/mol. The molecule has 0 bridgehead atoms. The molecule has 0 saturated heterocycles. The van der Waals surface area contributed by atoms with Crippen LogP contribution in [0.2, 0.25) is 5.02 Å². The first-order chi connectivity index (χ1) is 11.0. The van der Waals surface area contributed by atoms with Gasteiger partial charge in [0.25, 0.3) is 5.91 Å². The molecule has 0 fully saturated rings. The van der Waals surface area contributed by atoms with Crippen LogP contribution in [0.15, 0.2) is 30.6 Å². The van der Waals surface area contributed by atoms with Crippen LogP contribution in [0.25, 0.3) is 0 Å².